The molecule has 2 aromatic rings. The molecular formula is C18H19N5O3S. The summed E-state index contributed by atoms with van der Waals surface area (Å²) in [5.74, 6) is 0.527. The zero-order valence-electron chi connectivity index (χ0n) is 14.7. The molecule has 0 spiro atoms. The van der Waals surface area contributed by atoms with Gasteiger partial charge in [0.25, 0.3) is 0 Å². The molecule has 2 amide bonds. The summed E-state index contributed by atoms with van der Waals surface area (Å²) in [5.41, 5.74) is 1.97. The Morgan fingerprint density at radius 3 is 2.89 bits per heavy atom. The number of aromatic nitrogens is 3. The van der Waals surface area contributed by atoms with Crippen molar-refractivity contribution in [1.82, 2.24) is 25.8 Å². The van der Waals surface area contributed by atoms with E-state index in [1.807, 2.05) is 42.5 Å². The van der Waals surface area contributed by atoms with Crippen molar-refractivity contribution in [1.29, 1.82) is 0 Å². The van der Waals surface area contributed by atoms with Crippen LogP contribution in [0.2, 0.25) is 0 Å². The van der Waals surface area contributed by atoms with E-state index in [4.69, 9.17) is 4.74 Å². The standard InChI is InChI=1S/C18H19N5O3S/c1-2-26-16(24)13-10-19-17(25)20-14(13)11-27-18-21-15(22-23-18)9-8-12-6-4-3-5-7-12/h3-9H,2,10-11H2,1H3,(H2,19,20,25)(H,21,22,23)/b9-8+. The van der Waals surface area contributed by atoms with Gasteiger partial charge in [-0.3, -0.25) is 5.10 Å². The van der Waals surface area contributed by atoms with Crippen molar-refractivity contribution in [2.24, 2.45) is 0 Å². The molecule has 8 nitrogen and oxygen atoms in total. The number of carbonyl (C=O) groups is 2. The SMILES string of the molecule is CCOC(=O)C1=C(CSc2n[nH]c(/C=C/c3ccccc3)n2)NC(=O)NC1. The first-order valence-electron chi connectivity index (χ1n) is 8.38. The van der Waals surface area contributed by atoms with Crippen LogP contribution in [0.5, 0.6) is 0 Å². The normalized spacial score (nSPS) is 14.2. The van der Waals surface area contributed by atoms with Gasteiger partial charge in [0.2, 0.25) is 5.16 Å². The molecule has 27 heavy (non-hydrogen) atoms. The minimum atomic E-state index is -0.443. The molecule has 0 bridgehead atoms. The predicted octanol–water partition coefficient (Wildman–Crippen LogP) is 2.20. The Bertz CT molecular complexity index is 876. The van der Waals surface area contributed by atoms with Gasteiger partial charge < -0.3 is 15.4 Å². The van der Waals surface area contributed by atoms with E-state index in [2.05, 4.69) is 25.8 Å². The maximum atomic E-state index is 12.0. The highest BCUT2D eigenvalue weighted by Crippen LogP contribution is 2.19. The van der Waals surface area contributed by atoms with Crippen molar-refractivity contribution >= 4 is 35.9 Å². The molecule has 3 N–H and O–H groups in total. The number of H-pyrrole nitrogens is 1. The highest BCUT2D eigenvalue weighted by molar-refractivity contribution is 7.99. The van der Waals surface area contributed by atoms with Crippen LogP contribution in [0.1, 0.15) is 18.3 Å². The average Bonchev–Trinajstić information content (AvgIpc) is 3.14. The van der Waals surface area contributed by atoms with Crippen molar-refractivity contribution in [2.75, 3.05) is 18.9 Å². The molecule has 0 saturated carbocycles. The summed E-state index contributed by atoms with van der Waals surface area (Å²) >= 11 is 1.32. The summed E-state index contributed by atoms with van der Waals surface area (Å²) in [5, 5.41) is 12.7. The second-order valence-corrected chi connectivity index (χ2v) is 6.46. The molecule has 2 heterocycles. The fraction of sp³-hybridized carbons (Fsp3) is 0.222. The predicted molar refractivity (Wildman–Crippen MR) is 103 cm³/mol. The van der Waals surface area contributed by atoms with E-state index in [1.54, 1.807) is 6.92 Å². The molecular weight excluding hydrogens is 366 g/mol. The summed E-state index contributed by atoms with van der Waals surface area (Å²) in [6.45, 7) is 2.15. The molecule has 0 unspecified atom stereocenters. The molecule has 0 atom stereocenters. The number of thioether (sulfide) groups is 1. The van der Waals surface area contributed by atoms with Crippen LogP contribution >= 0.6 is 11.8 Å². The van der Waals surface area contributed by atoms with Gasteiger partial charge >= 0.3 is 12.0 Å². The van der Waals surface area contributed by atoms with E-state index in [-0.39, 0.29) is 19.2 Å². The Morgan fingerprint density at radius 2 is 2.11 bits per heavy atom. The molecule has 0 aliphatic carbocycles. The van der Waals surface area contributed by atoms with Crippen molar-refractivity contribution in [3.8, 4) is 0 Å². The van der Waals surface area contributed by atoms with Crippen LogP contribution in [0.3, 0.4) is 0 Å². The minimum absolute atomic E-state index is 0.139. The third-order valence-electron chi connectivity index (χ3n) is 3.64. The zero-order valence-corrected chi connectivity index (χ0v) is 15.5. The highest BCUT2D eigenvalue weighted by Gasteiger charge is 2.23. The Kier molecular flexibility index (Phi) is 6.26. The van der Waals surface area contributed by atoms with Gasteiger partial charge in [0.1, 0.15) is 5.82 Å². The fourth-order valence-electron chi connectivity index (χ4n) is 2.34. The van der Waals surface area contributed by atoms with Gasteiger partial charge in [0.15, 0.2) is 0 Å². The largest absolute Gasteiger partial charge is 0.463 e. The molecule has 0 saturated heterocycles. The molecule has 0 radical (unpaired) electrons. The quantitative estimate of drug-likeness (QED) is 0.498. The molecule has 1 aliphatic heterocycles. The lowest BCUT2D eigenvalue weighted by molar-refractivity contribution is -0.138. The maximum Gasteiger partial charge on any atom is 0.337 e. The molecule has 1 aromatic heterocycles. The van der Waals surface area contributed by atoms with E-state index in [0.717, 1.165) is 5.56 Å². The van der Waals surface area contributed by atoms with E-state index < -0.39 is 5.97 Å². The van der Waals surface area contributed by atoms with E-state index >= 15 is 0 Å². The number of nitrogens with one attached hydrogen (secondary N) is 3. The van der Waals surface area contributed by atoms with E-state index in [0.29, 0.717) is 28.0 Å². The van der Waals surface area contributed by atoms with Crippen LogP contribution in [0.4, 0.5) is 4.79 Å². The zero-order chi connectivity index (χ0) is 19.1. The number of nitrogens with zero attached hydrogens (tertiary/aromatic N) is 2. The Hall–Kier alpha value is -3.07. The Labute approximate surface area is 160 Å². The first-order chi connectivity index (χ1) is 13.2. The minimum Gasteiger partial charge on any atom is -0.463 e. The number of ether oxygens (including phenoxy) is 1. The van der Waals surface area contributed by atoms with Gasteiger partial charge in [-0.1, -0.05) is 48.2 Å². The van der Waals surface area contributed by atoms with Crippen LogP contribution in [-0.4, -0.2) is 46.1 Å². The van der Waals surface area contributed by atoms with Gasteiger partial charge in [-0.2, -0.15) is 0 Å². The number of aromatic amines is 1. The summed E-state index contributed by atoms with van der Waals surface area (Å²) in [7, 11) is 0. The van der Waals surface area contributed by atoms with Crippen LogP contribution < -0.4 is 10.6 Å². The topological polar surface area (TPSA) is 109 Å². The average molecular weight is 385 g/mol. The number of rotatable bonds is 7. The lowest BCUT2D eigenvalue weighted by atomic mass is 10.2. The number of esters is 1. The second-order valence-electron chi connectivity index (χ2n) is 5.52. The number of benzene rings is 1. The number of hydrogen-bond donors (Lipinski definition) is 3. The van der Waals surface area contributed by atoms with Crippen LogP contribution in [0.15, 0.2) is 46.8 Å². The lowest BCUT2D eigenvalue weighted by Gasteiger charge is -2.20. The Morgan fingerprint density at radius 1 is 1.30 bits per heavy atom. The molecule has 140 valence electrons. The third-order valence-corrected chi connectivity index (χ3v) is 4.51. The second kappa shape index (κ2) is 9.04. The van der Waals surface area contributed by atoms with Crippen LogP contribution in [-0.2, 0) is 9.53 Å². The number of carbonyl (C=O) groups excluding carboxylic acids is 2. The van der Waals surface area contributed by atoms with Gasteiger partial charge in [-0.25, -0.2) is 14.6 Å². The van der Waals surface area contributed by atoms with Crippen LogP contribution in [0.25, 0.3) is 12.2 Å². The van der Waals surface area contributed by atoms with Gasteiger partial charge in [0.05, 0.1) is 18.7 Å². The fourth-order valence-corrected chi connectivity index (χ4v) is 3.14. The van der Waals surface area contributed by atoms with Crippen molar-refractivity contribution in [3.05, 3.63) is 53.0 Å². The first kappa shape index (κ1) is 18.7. The molecule has 1 aliphatic rings. The number of hydrogen-bond acceptors (Lipinski definition) is 6. The van der Waals surface area contributed by atoms with Gasteiger partial charge in [-0.05, 0) is 18.6 Å². The number of amides is 2. The smallest absolute Gasteiger partial charge is 0.337 e. The summed E-state index contributed by atoms with van der Waals surface area (Å²) in [6.07, 6.45) is 3.77. The van der Waals surface area contributed by atoms with E-state index in [9.17, 15) is 9.59 Å². The third kappa shape index (κ3) is 5.20. The van der Waals surface area contributed by atoms with Gasteiger partial charge in [0, 0.05) is 11.4 Å². The summed E-state index contributed by atoms with van der Waals surface area (Å²) < 4.78 is 5.03. The molecule has 3 rings (SSSR count). The van der Waals surface area contributed by atoms with Gasteiger partial charge in [-0.15, -0.1) is 5.10 Å². The molecule has 0 fully saturated rings. The van der Waals surface area contributed by atoms with Crippen molar-refractivity contribution < 1.29 is 14.3 Å². The number of urea groups is 1. The lowest BCUT2D eigenvalue weighted by Crippen LogP contribution is -2.44. The maximum absolute atomic E-state index is 12.0. The Balaban J connectivity index is 1.65. The van der Waals surface area contributed by atoms with Crippen molar-refractivity contribution in [2.45, 2.75) is 12.1 Å². The first-order valence-corrected chi connectivity index (χ1v) is 9.36. The van der Waals surface area contributed by atoms with Crippen molar-refractivity contribution in [3.63, 3.8) is 0 Å². The highest BCUT2D eigenvalue weighted by atomic mass is 32.2. The summed E-state index contributed by atoms with van der Waals surface area (Å²) in [6, 6.07) is 9.52. The molecule has 9 heteroatoms. The molecule has 1 aromatic carbocycles. The van der Waals surface area contributed by atoms with Crippen LogP contribution in [0, 0.1) is 0 Å². The van der Waals surface area contributed by atoms with E-state index in [1.165, 1.54) is 11.8 Å². The monoisotopic (exact) mass is 385 g/mol. The summed E-state index contributed by atoms with van der Waals surface area (Å²) in [4.78, 5) is 28.0.